The molecule has 0 unspecified atom stereocenters. The van der Waals surface area contributed by atoms with Gasteiger partial charge in [0.05, 0.1) is 11.4 Å². The van der Waals surface area contributed by atoms with E-state index in [9.17, 15) is 0 Å². The first-order valence-corrected chi connectivity index (χ1v) is 8.27. The van der Waals surface area contributed by atoms with Crippen LogP contribution in [-0.4, -0.2) is 12.4 Å². The van der Waals surface area contributed by atoms with Gasteiger partial charge in [-0.2, -0.15) is 0 Å². The summed E-state index contributed by atoms with van der Waals surface area (Å²) in [6.45, 7) is 5.26. The van der Waals surface area contributed by atoms with Crippen LogP contribution in [0.1, 0.15) is 17.5 Å². The number of halogens is 1. The Morgan fingerprint density at radius 2 is 1.70 bits per heavy atom. The molecule has 0 amide bonds. The van der Waals surface area contributed by atoms with Gasteiger partial charge < -0.3 is 4.90 Å². The molecule has 1 aliphatic rings. The summed E-state index contributed by atoms with van der Waals surface area (Å²) in [6, 6.07) is 13.4. The summed E-state index contributed by atoms with van der Waals surface area (Å²) in [5.41, 5.74) is 5.24. The molecule has 0 fully saturated rings. The van der Waals surface area contributed by atoms with Crippen LogP contribution in [0.25, 0.3) is 0 Å². The van der Waals surface area contributed by atoms with Crippen LogP contribution in [-0.2, 0) is 0 Å². The third-order valence-corrected chi connectivity index (χ3v) is 4.93. The molecule has 1 nitrogen and oxygen atoms in total. The Morgan fingerprint density at radius 3 is 2.50 bits per heavy atom. The number of anilines is 2. The third kappa shape index (κ3) is 2.55. The van der Waals surface area contributed by atoms with Gasteiger partial charge in [0, 0.05) is 22.2 Å². The Kier molecular flexibility index (Phi) is 3.95. The molecule has 2 aromatic rings. The van der Waals surface area contributed by atoms with Crippen molar-refractivity contribution >= 4 is 34.7 Å². The summed E-state index contributed by atoms with van der Waals surface area (Å²) in [5, 5.41) is 0. The van der Waals surface area contributed by atoms with Crippen LogP contribution >= 0.6 is 23.4 Å². The van der Waals surface area contributed by atoms with Crippen LogP contribution in [0.4, 0.5) is 11.4 Å². The summed E-state index contributed by atoms with van der Waals surface area (Å²) >= 11 is 7.77. The summed E-state index contributed by atoms with van der Waals surface area (Å²) < 4.78 is 0. The molecule has 3 rings (SSSR count). The molecule has 104 valence electrons. The molecule has 1 aliphatic heterocycles. The van der Waals surface area contributed by atoms with Crippen molar-refractivity contribution in [1.29, 1.82) is 0 Å². The van der Waals surface area contributed by atoms with Crippen LogP contribution in [0.2, 0.25) is 0 Å². The van der Waals surface area contributed by atoms with Gasteiger partial charge in [-0.3, -0.25) is 0 Å². The Bertz CT molecular complexity index is 639. The number of benzene rings is 2. The molecule has 0 N–H and O–H groups in total. The molecular formula is C17H18ClNS. The Balaban J connectivity index is 2.09. The lowest BCUT2D eigenvalue weighted by Gasteiger charge is -2.33. The second kappa shape index (κ2) is 5.71. The lowest BCUT2D eigenvalue weighted by molar-refractivity contribution is 0.869. The number of rotatable bonds is 3. The fourth-order valence-corrected chi connectivity index (χ4v) is 3.85. The maximum atomic E-state index is 5.90. The fraction of sp³-hybridized carbons (Fsp3) is 0.294. The molecule has 0 saturated carbocycles. The third-order valence-electron chi connectivity index (χ3n) is 3.55. The minimum absolute atomic E-state index is 0.700. The van der Waals surface area contributed by atoms with E-state index in [1.807, 2.05) is 11.8 Å². The Labute approximate surface area is 129 Å². The minimum Gasteiger partial charge on any atom is -0.340 e. The summed E-state index contributed by atoms with van der Waals surface area (Å²) in [4.78, 5) is 5.09. The zero-order valence-corrected chi connectivity index (χ0v) is 13.4. The highest BCUT2D eigenvalue weighted by Gasteiger charge is 2.23. The first-order valence-electron chi connectivity index (χ1n) is 6.92. The molecule has 0 saturated heterocycles. The lowest BCUT2D eigenvalue weighted by atomic mass is 10.1. The second-order valence-corrected chi connectivity index (χ2v) is 6.70. The Hall–Kier alpha value is -1.12. The predicted molar refractivity (Wildman–Crippen MR) is 88.8 cm³/mol. The largest absolute Gasteiger partial charge is 0.340 e. The lowest BCUT2D eigenvalue weighted by Crippen LogP contribution is -2.22. The fourth-order valence-electron chi connectivity index (χ4n) is 2.56. The van der Waals surface area contributed by atoms with Gasteiger partial charge in [0.2, 0.25) is 0 Å². The van der Waals surface area contributed by atoms with E-state index in [0.717, 1.165) is 13.0 Å². The molecule has 0 atom stereocenters. The van der Waals surface area contributed by atoms with Gasteiger partial charge in [-0.25, -0.2) is 0 Å². The van der Waals surface area contributed by atoms with E-state index in [-0.39, 0.29) is 0 Å². The first-order chi connectivity index (χ1) is 9.69. The van der Waals surface area contributed by atoms with Crippen molar-refractivity contribution in [2.24, 2.45) is 0 Å². The normalized spacial score (nSPS) is 13.1. The molecule has 0 spiro atoms. The van der Waals surface area contributed by atoms with E-state index >= 15 is 0 Å². The molecule has 0 aliphatic carbocycles. The smallest absolute Gasteiger partial charge is 0.0555 e. The quantitative estimate of drug-likeness (QED) is 0.685. The van der Waals surface area contributed by atoms with Gasteiger partial charge in [-0.1, -0.05) is 23.9 Å². The van der Waals surface area contributed by atoms with Crippen molar-refractivity contribution in [2.75, 3.05) is 17.3 Å². The van der Waals surface area contributed by atoms with Crippen LogP contribution in [0.5, 0.6) is 0 Å². The van der Waals surface area contributed by atoms with Crippen LogP contribution in [0, 0.1) is 13.8 Å². The molecular weight excluding hydrogens is 286 g/mol. The molecule has 3 heteroatoms. The summed E-state index contributed by atoms with van der Waals surface area (Å²) in [5.74, 6) is 0.700. The van der Waals surface area contributed by atoms with Crippen molar-refractivity contribution in [1.82, 2.24) is 0 Å². The van der Waals surface area contributed by atoms with Gasteiger partial charge in [0.25, 0.3) is 0 Å². The monoisotopic (exact) mass is 303 g/mol. The first kappa shape index (κ1) is 13.8. The van der Waals surface area contributed by atoms with Crippen molar-refractivity contribution in [3.8, 4) is 0 Å². The molecule has 20 heavy (non-hydrogen) atoms. The predicted octanol–water partition coefficient (Wildman–Crippen LogP) is 5.54. The topological polar surface area (TPSA) is 3.24 Å². The zero-order chi connectivity index (χ0) is 14.1. The van der Waals surface area contributed by atoms with Crippen LogP contribution in [0.3, 0.4) is 0 Å². The van der Waals surface area contributed by atoms with Gasteiger partial charge >= 0.3 is 0 Å². The van der Waals surface area contributed by atoms with Crippen LogP contribution < -0.4 is 4.90 Å². The average molecular weight is 304 g/mol. The van der Waals surface area contributed by atoms with E-state index < -0.39 is 0 Å². The van der Waals surface area contributed by atoms with Crippen molar-refractivity contribution in [3.05, 3.63) is 47.5 Å². The highest BCUT2D eigenvalue weighted by atomic mass is 35.5. The van der Waals surface area contributed by atoms with Gasteiger partial charge in [0.1, 0.15) is 0 Å². The number of nitrogens with zero attached hydrogens (tertiary/aromatic N) is 1. The summed E-state index contributed by atoms with van der Waals surface area (Å²) in [7, 11) is 0. The second-order valence-electron chi connectivity index (χ2n) is 5.24. The van der Waals surface area contributed by atoms with E-state index in [1.165, 1.54) is 32.3 Å². The van der Waals surface area contributed by atoms with E-state index in [0.29, 0.717) is 5.88 Å². The van der Waals surface area contributed by atoms with Gasteiger partial charge in [-0.15, -0.1) is 11.6 Å². The Morgan fingerprint density at radius 1 is 0.950 bits per heavy atom. The maximum absolute atomic E-state index is 5.90. The number of hydrogen-bond acceptors (Lipinski definition) is 2. The van der Waals surface area contributed by atoms with Gasteiger partial charge in [-0.05, 0) is 55.7 Å². The zero-order valence-electron chi connectivity index (χ0n) is 11.8. The maximum Gasteiger partial charge on any atom is 0.0555 e. The van der Waals surface area contributed by atoms with E-state index in [1.54, 1.807) is 0 Å². The van der Waals surface area contributed by atoms with E-state index in [4.69, 9.17) is 11.6 Å². The highest BCUT2D eigenvalue weighted by Crippen LogP contribution is 2.48. The SMILES string of the molecule is Cc1ccc2c(c1)Sc1ccc(C)cc1N2CCCCl. The molecule has 0 radical (unpaired) electrons. The van der Waals surface area contributed by atoms with Crippen LogP contribution in [0.15, 0.2) is 46.2 Å². The molecule has 1 heterocycles. The summed E-state index contributed by atoms with van der Waals surface area (Å²) in [6.07, 6.45) is 0.993. The number of fused-ring (bicyclic) bond motifs is 2. The number of alkyl halides is 1. The molecule has 0 aromatic heterocycles. The van der Waals surface area contributed by atoms with E-state index in [2.05, 4.69) is 55.1 Å². The minimum atomic E-state index is 0.700. The van der Waals surface area contributed by atoms with Crippen molar-refractivity contribution in [3.63, 3.8) is 0 Å². The molecule has 2 aromatic carbocycles. The van der Waals surface area contributed by atoms with Gasteiger partial charge in [0.15, 0.2) is 0 Å². The van der Waals surface area contributed by atoms with Crippen molar-refractivity contribution in [2.45, 2.75) is 30.1 Å². The number of hydrogen-bond donors (Lipinski definition) is 0. The highest BCUT2D eigenvalue weighted by molar-refractivity contribution is 7.99. The standard InChI is InChI=1S/C17H18ClNS/c1-12-5-7-16-15(10-12)19(9-3-8-18)14-6-4-13(2)11-17(14)20-16/h4-7,10-11H,3,8-9H2,1-2H3. The van der Waals surface area contributed by atoms with Crippen molar-refractivity contribution < 1.29 is 0 Å². The number of aryl methyl sites for hydroxylation is 2. The average Bonchev–Trinajstić information content (AvgIpc) is 2.43. The molecule has 0 bridgehead atoms.